The molecule has 0 bridgehead atoms. The van der Waals surface area contributed by atoms with Crippen LogP contribution in [-0.4, -0.2) is 61.7 Å². The molecule has 25 heavy (non-hydrogen) atoms. The van der Waals surface area contributed by atoms with Crippen LogP contribution in [0.15, 0.2) is 12.4 Å². The fourth-order valence-electron chi connectivity index (χ4n) is 2.85. The molecule has 130 valence electrons. The van der Waals surface area contributed by atoms with E-state index in [2.05, 4.69) is 24.8 Å². The third kappa shape index (κ3) is 3.09. The molecule has 1 amide bonds. The number of aromatic nitrogens is 5. The number of carbonyl (C=O) groups is 2. The largest absolute Gasteiger partial charge is 0.464 e. The van der Waals surface area contributed by atoms with E-state index in [1.165, 1.54) is 32.3 Å². The van der Waals surface area contributed by atoms with E-state index < -0.39 is 5.97 Å². The Morgan fingerprint density at radius 1 is 1.12 bits per heavy atom. The minimum atomic E-state index is -0.579. The first kappa shape index (κ1) is 15.7. The van der Waals surface area contributed by atoms with E-state index in [-0.39, 0.29) is 17.3 Å². The predicted molar refractivity (Wildman–Crippen MR) is 85.0 cm³/mol. The molecule has 9 nitrogen and oxygen atoms in total. The van der Waals surface area contributed by atoms with Crippen molar-refractivity contribution >= 4 is 11.9 Å². The number of carbonyl (C=O) groups excluding carboxylic acids is 2. The number of rotatable bonds is 3. The van der Waals surface area contributed by atoms with E-state index in [0.29, 0.717) is 32.0 Å². The van der Waals surface area contributed by atoms with Crippen molar-refractivity contribution in [3.8, 4) is 0 Å². The molecule has 0 radical (unpaired) electrons. The maximum Gasteiger partial charge on any atom is 0.358 e. The molecule has 0 atom stereocenters. The normalized spacial score (nSPS) is 16.9. The summed E-state index contributed by atoms with van der Waals surface area (Å²) >= 11 is 0. The van der Waals surface area contributed by atoms with Crippen molar-refractivity contribution in [2.24, 2.45) is 0 Å². The van der Waals surface area contributed by atoms with E-state index >= 15 is 0 Å². The molecular weight excluding hydrogens is 324 g/mol. The van der Waals surface area contributed by atoms with Gasteiger partial charge in [-0.1, -0.05) is 0 Å². The van der Waals surface area contributed by atoms with E-state index in [1.807, 2.05) is 4.68 Å². The maximum atomic E-state index is 12.6. The molecule has 0 saturated heterocycles. The molecule has 4 rings (SSSR count). The second kappa shape index (κ2) is 6.23. The number of methoxy groups -OCH3 is 1. The van der Waals surface area contributed by atoms with Gasteiger partial charge in [0, 0.05) is 25.4 Å². The molecular formula is C16H18N6O3. The number of nitrogens with zero attached hydrogens (tertiary/aromatic N) is 6. The topological polar surface area (TPSA) is 103 Å². The minimum Gasteiger partial charge on any atom is -0.464 e. The Morgan fingerprint density at radius 3 is 2.56 bits per heavy atom. The van der Waals surface area contributed by atoms with Crippen LogP contribution >= 0.6 is 0 Å². The summed E-state index contributed by atoms with van der Waals surface area (Å²) in [5.74, 6) is 1.62. The Bertz CT molecular complexity index is 786. The summed E-state index contributed by atoms with van der Waals surface area (Å²) in [6, 6.07) is 0. The third-order valence-electron chi connectivity index (χ3n) is 4.45. The molecule has 9 heteroatoms. The summed E-state index contributed by atoms with van der Waals surface area (Å²) in [6.07, 6.45) is 5.58. The van der Waals surface area contributed by atoms with Gasteiger partial charge in [-0.2, -0.15) is 5.10 Å². The Kier molecular flexibility index (Phi) is 3.90. The van der Waals surface area contributed by atoms with Gasteiger partial charge in [0.1, 0.15) is 11.5 Å². The van der Waals surface area contributed by atoms with E-state index in [9.17, 15) is 9.59 Å². The summed E-state index contributed by atoms with van der Waals surface area (Å²) < 4.78 is 6.48. The van der Waals surface area contributed by atoms with Crippen molar-refractivity contribution in [2.75, 3.05) is 20.2 Å². The van der Waals surface area contributed by atoms with Gasteiger partial charge in [0.25, 0.3) is 5.91 Å². The van der Waals surface area contributed by atoms with Gasteiger partial charge in [0.15, 0.2) is 11.5 Å². The zero-order chi connectivity index (χ0) is 17.4. The maximum absolute atomic E-state index is 12.6. The number of amides is 1. The second-order valence-corrected chi connectivity index (χ2v) is 6.20. The van der Waals surface area contributed by atoms with Gasteiger partial charge in [-0.15, -0.1) is 0 Å². The molecule has 1 aliphatic heterocycles. The summed E-state index contributed by atoms with van der Waals surface area (Å²) in [4.78, 5) is 38.3. The summed E-state index contributed by atoms with van der Waals surface area (Å²) in [6.45, 7) is 1.72. The van der Waals surface area contributed by atoms with Gasteiger partial charge in [0.05, 0.1) is 26.0 Å². The lowest BCUT2D eigenvalue weighted by Crippen LogP contribution is -2.34. The first-order valence-corrected chi connectivity index (χ1v) is 8.29. The summed E-state index contributed by atoms with van der Waals surface area (Å²) in [7, 11) is 1.27. The van der Waals surface area contributed by atoms with Crippen LogP contribution in [0.5, 0.6) is 0 Å². The van der Waals surface area contributed by atoms with Crippen LogP contribution in [0.3, 0.4) is 0 Å². The van der Waals surface area contributed by atoms with Crippen molar-refractivity contribution in [3.05, 3.63) is 35.4 Å². The first-order chi connectivity index (χ1) is 12.2. The van der Waals surface area contributed by atoms with Crippen LogP contribution in [0.1, 0.15) is 51.4 Å². The minimum absolute atomic E-state index is 0.0758. The molecule has 1 fully saturated rings. The molecule has 2 aliphatic rings. The lowest BCUT2D eigenvalue weighted by Gasteiger charge is -2.19. The van der Waals surface area contributed by atoms with Crippen LogP contribution in [-0.2, 0) is 17.7 Å². The van der Waals surface area contributed by atoms with Crippen molar-refractivity contribution in [1.82, 2.24) is 29.6 Å². The van der Waals surface area contributed by atoms with E-state index in [4.69, 9.17) is 0 Å². The van der Waals surface area contributed by atoms with Crippen LogP contribution in [0, 0.1) is 0 Å². The van der Waals surface area contributed by atoms with E-state index in [1.54, 1.807) is 4.90 Å². The average Bonchev–Trinajstić information content (AvgIpc) is 3.45. The van der Waals surface area contributed by atoms with Crippen molar-refractivity contribution in [1.29, 1.82) is 0 Å². The molecule has 0 spiro atoms. The third-order valence-corrected chi connectivity index (χ3v) is 4.45. The highest BCUT2D eigenvalue weighted by Crippen LogP contribution is 2.38. The lowest BCUT2D eigenvalue weighted by atomic mass is 10.3. The number of ether oxygens (including phenoxy) is 1. The molecule has 3 heterocycles. The van der Waals surface area contributed by atoms with Crippen LogP contribution in [0.2, 0.25) is 0 Å². The molecule has 0 unspecified atom stereocenters. The Labute approximate surface area is 144 Å². The number of hydrogen-bond donors (Lipinski definition) is 0. The fraction of sp³-hybridized carbons (Fsp3) is 0.500. The van der Waals surface area contributed by atoms with Gasteiger partial charge in [0.2, 0.25) is 0 Å². The van der Waals surface area contributed by atoms with Crippen LogP contribution in [0.25, 0.3) is 0 Å². The number of hydrogen-bond acceptors (Lipinski definition) is 7. The number of fused-ring (bicyclic) bond motifs is 1. The first-order valence-electron chi connectivity index (χ1n) is 8.29. The average molecular weight is 342 g/mol. The van der Waals surface area contributed by atoms with Crippen molar-refractivity contribution in [2.45, 2.75) is 31.7 Å². The molecule has 0 aromatic carbocycles. The molecule has 2 aromatic heterocycles. The van der Waals surface area contributed by atoms with Crippen LogP contribution < -0.4 is 0 Å². The van der Waals surface area contributed by atoms with Crippen LogP contribution in [0.4, 0.5) is 0 Å². The van der Waals surface area contributed by atoms with E-state index in [0.717, 1.165) is 11.6 Å². The van der Waals surface area contributed by atoms with Gasteiger partial charge in [-0.05, 0) is 12.8 Å². The molecule has 1 saturated carbocycles. The zero-order valence-corrected chi connectivity index (χ0v) is 13.9. The monoisotopic (exact) mass is 342 g/mol. The smallest absolute Gasteiger partial charge is 0.358 e. The van der Waals surface area contributed by atoms with Gasteiger partial charge >= 0.3 is 5.97 Å². The molecule has 2 aromatic rings. The Hall–Kier alpha value is -2.84. The van der Waals surface area contributed by atoms with Crippen molar-refractivity contribution < 1.29 is 14.3 Å². The molecule has 1 aliphatic carbocycles. The number of esters is 1. The van der Waals surface area contributed by atoms with Gasteiger partial charge in [-0.3, -0.25) is 4.79 Å². The second-order valence-electron chi connectivity index (χ2n) is 6.20. The van der Waals surface area contributed by atoms with Crippen molar-refractivity contribution in [3.63, 3.8) is 0 Å². The van der Waals surface area contributed by atoms with Gasteiger partial charge < -0.3 is 9.64 Å². The van der Waals surface area contributed by atoms with Gasteiger partial charge in [-0.25, -0.2) is 24.4 Å². The Morgan fingerprint density at radius 2 is 1.88 bits per heavy atom. The summed E-state index contributed by atoms with van der Waals surface area (Å²) in [5.41, 5.74) is 0.283. The Balaban J connectivity index is 1.44. The highest BCUT2D eigenvalue weighted by Gasteiger charge is 2.30. The highest BCUT2D eigenvalue weighted by atomic mass is 16.5. The SMILES string of the molecule is COC(=O)c1cnc(C(=O)N2CCc3nc(C4CC4)nn3CC2)cn1. The lowest BCUT2D eigenvalue weighted by molar-refractivity contribution is 0.0592. The summed E-state index contributed by atoms with van der Waals surface area (Å²) in [5, 5.41) is 4.57. The standard InChI is InChI=1S/C16H18N6O3/c1-25-16(24)12-9-17-11(8-18-12)15(23)21-5-4-13-19-14(10-2-3-10)20-22(13)7-6-21/h8-10H,2-7H2,1H3. The molecule has 0 N–H and O–H groups in total. The fourth-order valence-corrected chi connectivity index (χ4v) is 2.85. The predicted octanol–water partition coefficient (Wildman–Crippen LogP) is 0.431. The zero-order valence-electron chi connectivity index (χ0n) is 13.9. The quantitative estimate of drug-likeness (QED) is 0.745. The highest BCUT2D eigenvalue weighted by molar-refractivity contribution is 5.93.